The minimum atomic E-state index is -0.0627. The van der Waals surface area contributed by atoms with Gasteiger partial charge in [0.15, 0.2) is 5.58 Å². The molecule has 0 atom stereocenters. The Morgan fingerprint density at radius 3 is 1.98 bits per heavy atom. The number of aromatic nitrogens is 1. The van der Waals surface area contributed by atoms with Crippen LogP contribution in [-0.4, -0.2) is 4.98 Å². The average Bonchev–Trinajstić information content (AvgIpc) is 3.66. The third-order valence-electron chi connectivity index (χ3n) is 9.70. The van der Waals surface area contributed by atoms with E-state index in [1.807, 2.05) is 36.4 Å². The van der Waals surface area contributed by atoms with E-state index >= 15 is 0 Å². The summed E-state index contributed by atoms with van der Waals surface area (Å²) < 4.78 is 6.37. The normalized spacial score (nSPS) is 13.1. The standard InChI is InChI=1S/C44H32N2O/c1-44(2)37-18-10-9-17-35(37)36-28-34(25-26-38(36)44)46(33-23-20-30(21-24-33)29-12-5-3-6-13-29)39-19-11-16-31-22-27-40-42(41(31)39)45-43(47-40)32-14-7-4-8-15-32/h3-28H,1-2H3. The van der Waals surface area contributed by atoms with Gasteiger partial charge < -0.3 is 9.32 Å². The van der Waals surface area contributed by atoms with Crippen LogP contribution >= 0.6 is 0 Å². The summed E-state index contributed by atoms with van der Waals surface area (Å²) in [4.78, 5) is 7.49. The summed E-state index contributed by atoms with van der Waals surface area (Å²) in [5.41, 5.74) is 13.4. The molecule has 1 aromatic heterocycles. The Bertz CT molecular complexity index is 2420. The fourth-order valence-electron chi connectivity index (χ4n) is 7.34. The zero-order valence-electron chi connectivity index (χ0n) is 26.3. The average molecular weight is 605 g/mol. The summed E-state index contributed by atoms with van der Waals surface area (Å²) in [5.74, 6) is 0.623. The van der Waals surface area contributed by atoms with Gasteiger partial charge in [-0.05, 0) is 87.3 Å². The van der Waals surface area contributed by atoms with E-state index in [2.05, 4.69) is 140 Å². The van der Waals surface area contributed by atoms with E-state index in [0.29, 0.717) is 5.89 Å². The molecule has 1 aliphatic rings. The predicted octanol–water partition coefficient (Wildman–Crippen LogP) is 12.1. The molecule has 0 N–H and O–H groups in total. The summed E-state index contributed by atoms with van der Waals surface area (Å²) in [6.45, 7) is 4.65. The molecule has 1 heterocycles. The fourth-order valence-corrected chi connectivity index (χ4v) is 7.34. The van der Waals surface area contributed by atoms with Crippen molar-refractivity contribution in [3.63, 3.8) is 0 Å². The predicted molar refractivity (Wildman–Crippen MR) is 195 cm³/mol. The Morgan fingerprint density at radius 1 is 0.532 bits per heavy atom. The molecular weight excluding hydrogens is 572 g/mol. The number of benzene rings is 7. The third kappa shape index (κ3) is 4.39. The number of rotatable bonds is 5. The molecule has 9 rings (SSSR count). The van der Waals surface area contributed by atoms with Crippen LogP contribution in [0.15, 0.2) is 162 Å². The minimum Gasteiger partial charge on any atom is -0.436 e. The number of anilines is 3. The Balaban J connectivity index is 1.28. The van der Waals surface area contributed by atoms with Gasteiger partial charge >= 0.3 is 0 Å². The van der Waals surface area contributed by atoms with Crippen LogP contribution in [-0.2, 0) is 5.41 Å². The van der Waals surface area contributed by atoms with Gasteiger partial charge in [0.2, 0.25) is 5.89 Å². The first kappa shape index (κ1) is 27.4. The van der Waals surface area contributed by atoms with E-state index in [4.69, 9.17) is 9.40 Å². The van der Waals surface area contributed by atoms with Crippen LogP contribution in [0.1, 0.15) is 25.0 Å². The van der Waals surface area contributed by atoms with Crippen molar-refractivity contribution >= 4 is 38.9 Å². The molecule has 1 aliphatic carbocycles. The molecule has 0 spiro atoms. The van der Waals surface area contributed by atoms with Gasteiger partial charge in [0.25, 0.3) is 0 Å². The molecule has 0 unspecified atom stereocenters. The van der Waals surface area contributed by atoms with E-state index in [1.54, 1.807) is 0 Å². The molecule has 0 fully saturated rings. The van der Waals surface area contributed by atoms with Crippen molar-refractivity contribution in [1.29, 1.82) is 0 Å². The summed E-state index contributed by atoms with van der Waals surface area (Å²) in [6, 6.07) is 56.0. The van der Waals surface area contributed by atoms with Crippen LogP contribution in [0.5, 0.6) is 0 Å². The van der Waals surface area contributed by atoms with E-state index in [-0.39, 0.29) is 5.41 Å². The van der Waals surface area contributed by atoms with Gasteiger partial charge in [-0.1, -0.05) is 123 Å². The molecule has 7 aromatic carbocycles. The molecular formula is C44H32N2O. The smallest absolute Gasteiger partial charge is 0.227 e. The molecule has 3 nitrogen and oxygen atoms in total. The fraction of sp³-hybridized carbons (Fsp3) is 0.0682. The highest BCUT2D eigenvalue weighted by Crippen LogP contribution is 2.51. The number of hydrogen-bond donors (Lipinski definition) is 0. The van der Waals surface area contributed by atoms with Crippen molar-refractivity contribution < 1.29 is 4.42 Å². The lowest BCUT2D eigenvalue weighted by Gasteiger charge is -2.28. The van der Waals surface area contributed by atoms with Crippen LogP contribution in [0.25, 0.3) is 55.6 Å². The Labute approximate surface area is 274 Å². The summed E-state index contributed by atoms with van der Waals surface area (Å²) in [5, 5.41) is 2.17. The van der Waals surface area contributed by atoms with Crippen LogP contribution < -0.4 is 4.90 Å². The highest BCUT2D eigenvalue weighted by molar-refractivity contribution is 6.13. The maximum absolute atomic E-state index is 6.37. The summed E-state index contributed by atoms with van der Waals surface area (Å²) in [7, 11) is 0. The third-order valence-corrected chi connectivity index (χ3v) is 9.70. The van der Waals surface area contributed by atoms with Crippen LogP contribution in [0.3, 0.4) is 0 Å². The molecule has 224 valence electrons. The lowest BCUT2D eigenvalue weighted by molar-refractivity contribution is 0.620. The van der Waals surface area contributed by atoms with Crippen LogP contribution in [0.4, 0.5) is 17.1 Å². The maximum atomic E-state index is 6.37. The van der Waals surface area contributed by atoms with Gasteiger partial charge in [0.1, 0.15) is 5.52 Å². The van der Waals surface area contributed by atoms with Gasteiger partial charge in [-0.25, -0.2) is 4.98 Å². The van der Waals surface area contributed by atoms with E-state index < -0.39 is 0 Å². The second-order valence-electron chi connectivity index (χ2n) is 12.8. The van der Waals surface area contributed by atoms with Crippen molar-refractivity contribution in [3.05, 3.63) is 169 Å². The first-order valence-corrected chi connectivity index (χ1v) is 16.1. The molecule has 47 heavy (non-hydrogen) atoms. The first-order chi connectivity index (χ1) is 23.1. The number of nitrogens with zero attached hydrogens (tertiary/aromatic N) is 2. The number of hydrogen-bond acceptors (Lipinski definition) is 3. The molecule has 0 saturated carbocycles. The minimum absolute atomic E-state index is 0.0627. The highest BCUT2D eigenvalue weighted by atomic mass is 16.3. The number of oxazole rings is 1. The quantitative estimate of drug-likeness (QED) is 0.196. The molecule has 8 aromatic rings. The SMILES string of the molecule is CC1(C)c2ccccc2-c2cc(N(c3ccc(-c4ccccc4)cc3)c3cccc4ccc5oc(-c6ccccc6)nc5c34)ccc21. The topological polar surface area (TPSA) is 29.3 Å². The molecule has 0 amide bonds. The lowest BCUT2D eigenvalue weighted by Crippen LogP contribution is -2.15. The van der Waals surface area contributed by atoms with Crippen molar-refractivity contribution in [2.24, 2.45) is 0 Å². The first-order valence-electron chi connectivity index (χ1n) is 16.1. The molecule has 0 radical (unpaired) electrons. The monoisotopic (exact) mass is 604 g/mol. The van der Waals surface area contributed by atoms with Crippen LogP contribution in [0.2, 0.25) is 0 Å². The summed E-state index contributed by atoms with van der Waals surface area (Å²) >= 11 is 0. The summed E-state index contributed by atoms with van der Waals surface area (Å²) in [6.07, 6.45) is 0. The van der Waals surface area contributed by atoms with Crippen molar-refractivity contribution in [2.75, 3.05) is 4.90 Å². The van der Waals surface area contributed by atoms with E-state index in [9.17, 15) is 0 Å². The zero-order chi connectivity index (χ0) is 31.5. The maximum Gasteiger partial charge on any atom is 0.227 e. The molecule has 0 saturated heterocycles. The second-order valence-corrected chi connectivity index (χ2v) is 12.8. The van der Waals surface area contributed by atoms with Gasteiger partial charge in [0, 0.05) is 27.7 Å². The van der Waals surface area contributed by atoms with E-state index in [0.717, 1.165) is 44.5 Å². The molecule has 0 bridgehead atoms. The Morgan fingerprint density at radius 2 is 1.19 bits per heavy atom. The Hall–Kier alpha value is -5.93. The largest absolute Gasteiger partial charge is 0.436 e. The van der Waals surface area contributed by atoms with Crippen molar-refractivity contribution in [2.45, 2.75) is 19.3 Å². The van der Waals surface area contributed by atoms with E-state index in [1.165, 1.54) is 33.4 Å². The number of fused-ring (bicyclic) bond motifs is 6. The lowest BCUT2D eigenvalue weighted by atomic mass is 9.82. The van der Waals surface area contributed by atoms with Crippen molar-refractivity contribution in [3.8, 4) is 33.7 Å². The Kier molecular flexibility index (Phi) is 6.16. The zero-order valence-corrected chi connectivity index (χ0v) is 26.3. The van der Waals surface area contributed by atoms with Gasteiger partial charge in [-0.15, -0.1) is 0 Å². The highest BCUT2D eigenvalue weighted by Gasteiger charge is 2.35. The van der Waals surface area contributed by atoms with Gasteiger partial charge in [-0.2, -0.15) is 0 Å². The second kappa shape index (κ2) is 10.6. The van der Waals surface area contributed by atoms with Crippen molar-refractivity contribution in [1.82, 2.24) is 4.98 Å². The van der Waals surface area contributed by atoms with Gasteiger partial charge in [0.05, 0.1) is 5.69 Å². The van der Waals surface area contributed by atoms with Crippen LogP contribution in [0, 0.1) is 0 Å². The van der Waals surface area contributed by atoms with Gasteiger partial charge in [-0.3, -0.25) is 0 Å². The molecule has 3 heteroatoms. The molecule has 0 aliphatic heterocycles.